The quantitative estimate of drug-likeness (QED) is 0.743. The first-order valence-electron chi connectivity index (χ1n) is 8.15. The van der Waals surface area contributed by atoms with E-state index in [9.17, 15) is 0 Å². The molecule has 1 aliphatic carbocycles. The molecule has 0 amide bonds. The summed E-state index contributed by atoms with van der Waals surface area (Å²) in [6.07, 6.45) is 7.87. The molecular weight excluding hydrogens is 282 g/mol. The number of fused-ring (bicyclic) bond motifs is 1. The van der Waals surface area contributed by atoms with Gasteiger partial charge in [0, 0.05) is 11.7 Å². The van der Waals surface area contributed by atoms with E-state index in [4.69, 9.17) is 21.6 Å². The Labute approximate surface area is 131 Å². The Balaban J connectivity index is 2.08. The van der Waals surface area contributed by atoms with Gasteiger partial charge < -0.3 is 4.57 Å². The van der Waals surface area contributed by atoms with Crippen LogP contribution < -0.4 is 0 Å². The van der Waals surface area contributed by atoms with Crippen LogP contribution in [0.1, 0.15) is 63.0 Å². The Hall–Kier alpha value is -1.09. The highest BCUT2D eigenvalue weighted by Gasteiger charge is 2.27. The van der Waals surface area contributed by atoms with Gasteiger partial charge in [-0.25, -0.2) is 9.97 Å². The van der Waals surface area contributed by atoms with Gasteiger partial charge in [0.1, 0.15) is 11.3 Å². The Morgan fingerprint density at radius 2 is 2.00 bits per heavy atom. The highest BCUT2D eigenvalue weighted by atomic mass is 35.5. The van der Waals surface area contributed by atoms with Gasteiger partial charge in [0.05, 0.1) is 5.88 Å². The molecule has 0 radical (unpaired) electrons. The van der Waals surface area contributed by atoms with Crippen molar-refractivity contribution < 1.29 is 0 Å². The Morgan fingerprint density at radius 3 is 2.67 bits per heavy atom. The van der Waals surface area contributed by atoms with E-state index in [0.29, 0.717) is 11.9 Å². The molecule has 1 fully saturated rings. The van der Waals surface area contributed by atoms with E-state index in [1.165, 1.54) is 32.1 Å². The fraction of sp³-hybridized carbons (Fsp3) is 0.647. The van der Waals surface area contributed by atoms with Crippen LogP contribution in [0.25, 0.3) is 11.2 Å². The number of aryl methyl sites for hydroxylation is 1. The van der Waals surface area contributed by atoms with Crippen LogP contribution in [-0.4, -0.2) is 14.5 Å². The number of halogens is 1. The summed E-state index contributed by atoms with van der Waals surface area (Å²) in [5.74, 6) is 2.17. The Kier molecular flexibility index (Phi) is 4.48. The lowest BCUT2D eigenvalue weighted by molar-refractivity contribution is 0.243. The second-order valence-corrected chi connectivity index (χ2v) is 6.47. The lowest BCUT2D eigenvalue weighted by Gasteiger charge is -2.31. The van der Waals surface area contributed by atoms with Gasteiger partial charge in [-0.2, -0.15) is 0 Å². The molecule has 0 bridgehead atoms. The number of rotatable bonds is 4. The topological polar surface area (TPSA) is 30.7 Å². The smallest absolute Gasteiger partial charge is 0.160 e. The van der Waals surface area contributed by atoms with Crippen LogP contribution in [0, 0.1) is 12.8 Å². The number of hydrogen-bond donors (Lipinski definition) is 0. The standard InChI is InChI=1S/C17H24ClN3/c1-3-15(13-7-5-4-6-8-13)21-16(11-18)20-14-10-9-12(2)19-17(14)21/h9-10,13,15H,3-8,11H2,1-2H3. The molecule has 2 aromatic rings. The molecule has 0 spiro atoms. The molecule has 1 saturated carbocycles. The van der Waals surface area contributed by atoms with Crippen LogP contribution in [-0.2, 0) is 5.88 Å². The summed E-state index contributed by atoms with van der Waals surface area (Å²) in [6, 6.07) is 4.58. The number of nitrogens with zero attached hydrogens (tertiary/aromatic N) is 3. The molecule has 0 saturated heterocycles. The lowest BCUT2D eigenvalue weighted by Crippen LogP contribution is -2.23. The van der Waals surface area contributed by atoms with Gasteiger partial charge in [0.25, 0.3) is 0 Å². The predicted octanol–water partition coefficient (Wildman–Crippen LogP) is 5.01. The Morgan fingerprint density at radius 1 is 1.24 bits per heavy atom. The molecule has 0 N–H and O–H groups in total. The first-order chi connectivity index (χ1) is 10.2. The molecule has 114 valence electrons. The number of imidazole rings is 1. The number of pyridine rings is 1. The van der Waals surface area contributed by atoms with E-state index in [0.717, 1.165) is 35.0 Å². The molecule has 1 atom stereocenters. The van der Waals surface area contributed by atoms with Gasteiger partial charge in [-0.1, -0.05) is 26.2 Å². The highest BCUT2D eigenvalue weighted by Crippen LogP contribution is 2.37. The zero-order valence-corrected chi connectivity index (χ0v) is 13.7. The second-order valence-electron chi connectivity index (χ2n) is 6.20. The molecule has 1 aliphatic rings. The third-order valence-corrected chi connectivity index (χ3v) is 5.05. The Bertz CT molecular complexity index is 614. The van der Waals surface area contributed by atoms with Crippen molar-refractivity contribution in [1.82, 2.24) is 14.5 Å². The SMILES string of the molecule is CCC(C1CCCCC1)n1c(CCl)nc2ccc(C)nc21. The maximum atomic E-state index is 6.17. The van der Waals surface area contributed by atoms with Gasteiger partial charge in [0.2, 0.25) is 0 Å². The summed E-state index contributed by atoms with van der Waals surface area (Å²) in [4.78, 5) is 9.45. The van der Waals surface area contributed by atoms with E-state index in [1.54, 1.807) is 0 Å². The minimum atomic E-state index is 0.457. The third-order valence-electron chi connectivity index (χ3n) is 4.81. The van der Waals surface area contributed by atoms with Crippen molar-refractivity contribution in [2.75, 3.05) is 0 Å². The second kappa shape index (κ2) is 6.35. The molecule has 2 aromatic heterocycles. The summed E-state index contributed by atoms with van der Waals surface area (Å²) in [5.41, 5.74) is 3.04. The van der Waals surface area contributed by atoms with Gasteiger partial charge in [-0.3, -0.25) is 0 Å². The van der Waals surface area contributed by atoms with Gasteiger partial charge in [-0.05, 0) is 44.2 Å². The maximum absolute atomic E-state index is 6.17. The van der Waals surface area contributed by atoms with Crippen LogP contribution in [0.2, 0.25) is 0 Å². The van der Waals surface area contributed by atoms with Crippen LogP contribution >= 0.6 is 11.6 Å². The molecule has 0 aromatic carbocycles. The molecule has 2 heterocycles. The minimum Gasteiger partial charge on any atom is -0.308 e. The minimum absolute atomic E-state index is 0.457. The number of hydrogen-bond acceptors (Lipinski definition) is 2. The van der Waals surface area contributed by atoms with Crippen LogP contribution in [0.15, 0.2) is 12.1 Å². The largest absolute Gasteiger partial charge is 0.308 e. The average Bonchev–Trinajstić information content (AvgIpc) is 2.87. The normalized spacial score (nSPS) is 18.2. The van der Waals surface area contributed by atoms with Gasteiger partial charge in [0.15, 0.2) is 5.65 Å². The molecule has 21 heavy (non-hydrogen) atoms. The van der Waals surface area contributed by atoms with E-state index in [2.05, 4.69) is 17.6 Å². The van der Waals surface area contributed by atoms with Crippen molar-refractivity contribution in [1.29, 1.82) is 0 Å². The summed E-state index contributed by atoms with van der Waals surface area (Å²) < 4.78 is 2.34. The monoisotopic (exact) mass is 305 g/mol. The molecule has 3 rings (SSSR count). The van der Waals surface area contributed by atoms with Gasteiger partial charge >= 0.3 is 0 Å². The van der Waals surface area contributed by atoms with Crippen molar-refractivity contribution in [2.24, 2.45) is 5.92 Å². The van der Waals surface area contributed by atoms with E-state index in [-0.39, 0.29) is 0 Å². The van der Waals surface area contributed by atoms with Crippen molar-refractivity contribution >= 4 is 22.8 Å². The summed E-state index contributed by atoms with van der Waals surface area (Å²) in [6.45, 7) is 4.32. The van der Waals surface area contributed by atoms with E-state index < -0.39 is 0 Å². The first-order valence-corrected chi connectivity index (χ1v) is 8.68. The predicted molar refractivity (Wildman–Crippen MR) is 87.7 cm³/mol. The molecule has 3 nitrogen and oxygen atoms in total. The fourth-order valence-electron chi connectivity index (χ4n) is 3.80. The molecule has 1 unspecified atom stereocenters. The third kappa shape index (κ3) is 2.80. The van der Waals surface area contributed by atoms with Crippen molar-refractivity contribution in [3.8, 4) is 0 Å². The van der Waals surface area contributed by atoms with Gasteiger partial charge in [-0.15, -0.1) is 11.6 Å². The number of alkyl halides is 1. The van der Waals surface area contributed by atoms with Crippen LogP contribution in [0.5, 0.6) is 0 Å². The van der Waals surface area contributed by atoms with Crippen molar-refractivity contribution in [2.45, 2.75) is 64.3 Å². The fourth-order valence-corrected chi connectivity index (χ4v) is 3.99. The molecule has 4 heteroatoms. The van der Waals surface area contributed by atoms with E-state index in [1.807, 2.05) is 13.0 Å². The van der Waals surface area contributed by atoms with Crippen LogP contribution in [0.3, 0.4) is 0 Å². The first kappa shape index (κ1) is 14.8. The average molecular weight is 306 g/mol. The molecular formula is C17H24ClN3. The zero-order valence-electron chi connectivity index (χ0n) is 13.0. The van der Waals surface area contributed by atoms with E-state index >= 15 is 0 Å². The number of aromatic nitrogens is 3. The maximum Gasteiger partial charge on any atom is 0.160 e. The summed E-state index contributed by atoms with van der Waals surface area (Å²) in [5, 5.41) is 0. The van der Waals surface area contributed by atoms with Crippen molar-refractivity contribution in [3.05, 3.63) is 23.7 Å². The summed E-state index contributed by atoms with van der Waals surface area (Å²) in [7, 11) is 0. The zero-order chi connectivity index (χ0) is 14.8. The lowest BCUT2D eigenvalue weighted by atomic mass is 9.82. The summed E-state index contributed by atoms with van der Waals surface area (Å²) >= 11 is 6.17. The molecule has 0 aliphatic heterocycles. The van der Waals surface area contributed by atoms with Crippen molar-refractivity contribution in [3.63, 3.8) is 0 Å². The van der Waals surface area contributed by atoms with Crippen LogP contribution in [0.4, 0.5) is 0 Å². The highest BCUT2D eigenvalue weighted by molar-refractivity contribution is 6.16.